The minimum atomic E-state index is -0.512. The molecule has 2 heterocycles. The summed E-state index contributed by atoms with van der Waals surface area (Å²) in [4.78, 5) is 20.7. The summed E-state index contributed by atoms with van der Waals surface area (Å²) in [6.07, 6.45) is 3.24. The number of halogens is 2. The molecule has 0 bridgehead atoms. The molecule has 164 valence electrons. The van der Waals surface area contributed by atoms with Crippen molar-refractivity contribution in [2.75, 3.05) is 0 Å². The van der Waals surface area contributed by atoms with E-state index in [-0.39, 0.29) is 11.4 Å². The number of rotatable bonds is 4. The fourth-order valence-electron chi connectivity index (χ4n) is 3.09. The molecule has 2 aromatic heterocycles. The van der Waals surface area contributed by atoms with E-state index in [4.69, 9.17) is 4.74 Å². The van der Waals surface area contributed by atoms with Crippen LogP contribution in [-0.2, 0) is 6.42 Å². The fraction of sp³-hybridized carbons (Fsp3) is 0.217. The second-order valence-electron chi connectivity index (χ2n) is 8.32. The lowest BCUT2D eigenvalue weighted by molar-refractivity contribution is 0.190. The molecule has 0 spiro atoms. The maximum atomic E-state index is 14.0. The van der Waals surface area contributed by atoms with Crippen LogP contribution in [0, 0.1) is 5.82 Å². The Balaban J connectivity index is 1.58. The lowest BCUT2D eigenvalue weighted by Gasteiger charge is -2.19. The molecule has 0 atom stereocenters. The van der Waals surface area contributed by atoms with Crippen molar-refractivity contribution < 1.29 is 13.9 Å². The number of benzene rings is 2. The number of carbonyl (C=O) groups excluding carboxylic acids is 1. The molecule has 0 aliphatic heterocycles. The van der Waals surface area contributed by atoms with Gasteiger partial charge in [-0.2, -0.15) is 5.10 Å². The highest BCUT2D eigenvalue weighted by atomic mass is 79.9. The summed E-state index contributed by atoms with van der Waals surface area (Å²) in [5.41, 5.74) is 2.45. The molecule has 1 amide bonds. The van der Waals surface area contributed by atoms with Crippen LogP contribution in [0.25, 0.3) is 17.0 Å². The van der Waals surface area contributed by atoms with Gasteiger partial charge in [-0.25, -0.2) is 23.7 Å². The van der Waals surface area contributed by atoms with Gasteiger partial charge in [-0.1, -0.05) is 18.2 Å². The number of amides is 1. The molecule has 0 unspecified atom stereocenters. The number of fused-ring (bicyclic) bond motifs is 1. The molecular weight excluding hydrogens is 477 g/mol. The quantitative estimate of drug-likeness (QED) is 0.420. The lowest BCUT2D eigenvalue weighted by Crippen LogP contribution is -2.42. The van der Waals surface area contributed by atoms with Gasteiger partial charge in [0.2, 0.25) is 0 Å². The second kappa shape index (κ2) is 8.66. The first-order valence-corrected chi connectivity index (χ1v) is 10.7. The van der Waals surface area contributed by atoms with Gasteiger partial charge in [-0.05, 0) is 66.5 Å². The van der Waals surface area contributed by atoms with E-state index < -0.39 is 6.09 Å². The van der Waals surface area contributed by atoms with Crippen molar-refractivity contribution in [1.82, 2.24) is 24.9 Å². The highest BCUT2D eigenvalue weighted by molar-refractivity contribution is 9.10. The number of nitrogens with one attached hydrogen (secondary N) is 1. The molecule has 9 heteroatoms. The minimum Gasteiger partial charge on any atom is -0.410 e. The summed E-state index contributed by atoms with van der Waals surface area (Å²) in [6.45, 7) is 5.65. The Morgan fingerprint density at radius 3 is 2.69 bits per heavy atom. The molecule has 0 aliphatic rings. The van der Waals surface area contributed by atoms with Crippen molar-refractivity contribution in [3.8, 4) is 17.0 Å². The maximum Gasteiger partial charge on any atom is 0.413 e. The first-order valence-electron chi connectivity index (χ1n) is 9.92. The molecular formula is C23H21BrFN5O2. The van der Waals surface area contributed by atoms with Gasteiger partial charge in [-0.3, -0.25) is 0 Å². The Hall–Kier alpha value is -3.33. The number of imidazole rings is 1. The molecule has 4 rings (SSSR count). The minimum absolute atomic E-state index is 0.373. The van der Waals surface area contributed by atoms with Crippen LogP contribution < -0.4 is 10.1 Å². The molecule has 0 aliphatic carbocycles. The largest absolute Gasteiger partial charge is 0.413 e. The highest BCUT2D eigenvalue weighted by Gasteiger charge is 2.16. The number of hydrogen-bond acceptors (Lipinski definition) is 5. The smallest absolute Gasteiger partial charge is 0.410 e. The van der Waals surface area contributed by atoms with Gasteiger partial charge in [0.15, 0.2) is 0 Å². The van der Waals surface area contributed by atoms with Crippen molar-refractivity contribution in [2.24, 2.45) is 0 Å². The van der Waals surface area contributed by atoms with Crippen molar-refractivity contribution in [2.45, 2.75) is 32.7 Å². The SMILES string of the molecule is CC(C)(C)NC(=O)Oc1cccc(Cc2cnc3ncc(-c4ccc(Br)c(F)c4)nn23)c1. The van der Waals surface area contributed by atoms with E-state index in [1.54, 1.807) is 41.2 Å². The normalized spacial score (nSPS) is 11.5. The third-order valence-corrected chi connectivity index (χ3v) is 5.13. The Kier molecular flexibility index (Phi) is 5.92. The molecule has 0 saturated carbocycles. The van der Waals surface area contributed by atoms with Gasteiger partial charge in [0.1, 0.15) is 17.3 Å². The zero-order valence-electron chi connectivity index (χ0n) is 17.8. The predicted octanol–water partition coefficient (Wildman–Crippen LogP) is 5.17. The predicted molar refractivity (Wildman–Crippen MR) is 122 cm³/mol. The van der Waals surface area contributed by atoms with Crippen LogP contribution >= 0.6 is 15.9 Å². The summed E-state index contributed by atoms with van der Waals surface area (Å²) < 4.78 is 21.4. The zero-order valence-corrected chi connectivity index (χ0v) is 19.4. The Bertz CT molecular complexity index is 1300. The van der Waals surface area contributed by atoms with Crippen molar-refractivity contribution in [1.29, 1.82) is 0 Å². The van der Waals surface area contributed by atoms with E-state index >= 15 is 0 Å². The zero-order chi connectivity index (χ0) is 22.9. The van der Waals surface area contributed by atoms with Crippen LogP contribution in [0.3, 0.4) is 0 Å². The van der Waals surface area contributed by atoms with Crippen molar-refractivity contribution >= 4 is 27.8 Å². The molecule has 7 nitrogen and oxygen atoms in total. The summed E-state index contributed by atoms with van der Waals surface area (Å²) >= 11 is 3.16. The van der Waals surface area contributed by atoms with Crippen LogP contribution in [0.1, 0.15) is 32.0 Å². The average molecular weight is 498 g/mol. The van der Waals surface area contributed by atoms with E-state index in [0.717, 1.165) is 11.3 Å². The summed E-state index contributed by atoms with van der Waals surface area (Å²) in [7, 11) is 0. The van der Waals surface area contributed by atoms with Crippen LogP contribution in [0.15, 0.2) is 59.3 Å². The summed E-state index contributed by atoms with van der Waals surface area (Å²) in [5, 5.41) is 7.36. The highest BCUT2D eigenvalue weighted by Crippen LogP contribution is 2.23. The van der Waals surface area contributed by atoms with E-state index in [0.29, 0.717) is 33.7 Å². The van der Waals surface area contributed by atoms with Crippen molar-refractivity contribution in [3.63, 3.8) is 0 Å². The summed E-state index contributed by atoms with van der Waals surface area (Å²) in [5.74, 6) is 0.510. The Morgan fingerprint density at radius 1 is 1.16 bits per heavy atom. The first kappa shape index (κ1) is 21.9. The van der Waals surface area contributed by atoms with Gasteiger partial charge in [0.05, 0.1) is 22.6 Å². The van der Waals surface area contributed by atoms with E-state index in [9.17, 15) is 9.18 Å². The molecule has 1 N–H and O–H groups in total. The van der Waals surface area contributed by atoms with Gasteiger partial charge < -0.3 is 10.1 Å². The topological polar surface area (TPSA) is 81.4 Å². The molecule has 0 radical (unpaired) electrons. The number of nitrogens with zero attached hydrogens (tertiary/aromatic N) is 4. The molecule has 4 aromatic rings. The Labute approximate surface area is 192 Å². The van der Waals surface area contributed by atoms with E-state index in [2.05, 4.69) is 36.3 Å². The van der Waals surface area contributed by atoms with Crippen LogP contribution in [0.4, 0.5) is 9.18 Å². The van der Waals surface area contributed by atoms with Crippen molar-refractivity contribution in [3.05, 3.63) is 76.4 Å². The maximum absolute atomic E-state index is 14.0. The molecule has 0 saturated heterocycles. The lowest BCUT2D eigenvalue weighted by atomic mass is 10.1. The molecule has 32 heavy (non-hydrogen) atoms. The third kappa shape index (κ3) is 5.11. The second-order valence-corrected chi connectivity index (χ2v) is 9.18. The molecule has 2 aromatic carbocycles. The van der Waals surface area contributed by atoms with E-state index in [1.165, 1.54) is 6.07 Å². The third-order valence-electron chi connectivity index (χ3n) is 4.49. The number of ether oxygens (including phenoxy) is 1. The van der Waals surface area contributed by atoms with E-state index in [1.807, 2.05) is 32.9 Å². The van der Waals surface area contributed by atoms with Crippen LogP contribution in [0.2, 0.25) is 0 Å². The fourth-order valence-corrected chi connectivity index (χ4v) is 3.34. The van der Waals surface area contributed by atoms with Gasteiger partial charge in [0.25, 0.3) is 5.78 Å². The number of carbonyl (C=O) groups is 1. The molecule has 0 fully saturated rings. The summed E-state index contributed by atoms with van der Waals surface area (Å²) in [6, 6.07) is 12.1. The standard InChI is InChI=1S/C23H21BrFN5O2/c1-23(2,3)28-22(31)32-17-6-4-5-14(10-17)9-16-12-26-21-27-13-20(29-30(16)21)15-7-8-18(24)19(25)11-15/h4-8,10-13H,9H2,1-3H3,(H,28,31). The van der Waals surface area contributed by atoms with Gasteiger partial charge >= 0.3 is 6.09 Å². The van der Waals surface area contributed by atoms with Gasteiger partial charge in [0, 0.05) is 17.5 Å². The Morgan fingerprint density at radius 2 is 1.94 bits per heavy atom. The van der Waals surface area contributed by atoms with Crippen LogP contribution in [-0.4, -0.2) is 31.2 Å². The number of aromatic nitrogens is 4. The average Bonchev–Trinajstić information content (AvgIpc) is 3.11. The van der Waals surface area contributed by atoms with Crippen LogP contribution in [0.5, 0.6) is 5.75 Å². The monoisotopic (exact) mass is 497 g/mol. The number of hydrogen-bond donors (Lipinski definition) is 1. The first-order chi connectivity index (χ1) is 15.2. The van der Waals surface area contributed by atoms with Gasteiger partial charge in [-0.15, -0.1) is 0 Å².